The first kappa shape index (κ1) is 15.2. The molecule has 0 saturated carbocycles. The van der Waals surface area contributed by atoms with Gasteiger partial charge in [-0.25, -0.2) is 4.79 Å². The first-order chi connectivity index (χ1) is 8.62. The van der Waals surface area contributed by atoms with Gasteiger partial charge in [0, 0.05) is 6.92 Å². The van der Waals surface area contributed by atoms with Gasteiger partial charge >= 0.3 is 5.97 Å². The van der Waals surface area contributed by atoms with Crippen molar-refractivity contribution in [3.8, 4) is 0 Å². The molecule has 0 radical (unpaired) electrons. The second-order valence-electron chi connectivity index (χ2n) is 5.79. The summed E-state index contributed by atoms with van der Waals surface area (Å²) < 4.78 is 0. The van der Waals surface area contributed by atoms with Gasteiger partial charge in [0.15, 0.2) is 6.04 Å². The van der Waals surface area contributed by atoms with E-state index in [1.54, 1.807) is 6.07 Å². The van der Waals surface area contributed by atoms with Crippen molar-refractivity contribution in [3.05, 3.63) is 34.9 Å². The molecule has 0 spiro atoms. The topological polar surface area (TPSA) is 66.4 Å². The summed E-state index contributed by atoms with van der Waals surface area (Å²) in [5.74, 6) is -1.41. The highest BCUT2D eigenvalue weighted by atomic mass is 16.4. The van der Waals surface area contributed by atoms with Gasteiger partial charge < -0.3 is 10.4 Å². The molecule has 0 aliphatic heterocycles. The second-order valence-corrected chi connectivity index (χ2v) is 5.79. The van der Waals surface area contributed by atoms with Gasteiger partial charge in [-0.05, 0) is 29.0 Å². The van der Waals surface area contributed by atoms with Crippen molar-refractivity contribution in [1.82, 2.24) is 5.32 Å². The first-order valence-electron chi connectivity index (χ1n) is 6.24. The number of rotatable bonds is 3. The molecule has 1 unspecified atom stereocenters. The van der Waals surface area contributed by atoms with Crippen molar-refractivity contribution in [2.45, 2.75) is 46.1 Å². The number of hydrogen-bond acceptors (Lipinski definition) is 2. The third-order valence-corrected chi connectivity index (χ3v) is 3.04. The van der Waals surface area contributed by atoms with Crippen LogP contribution in [0.5, 0.6) is 0 Å². The van der Waals surface area contributed by atoms with Crippen molar-refractivity contribution < 1.29 is 14.7 Å². The molecule has 4 nitrogen and oxygen atoms in total. The minimum Gasteiger partial charge on any atom is -0.479 e. The zero-order valence-electron chi connectivity index (χ0n) is 12.1. The lowest BCUT2D eigenvalue weighted by Crippen LogP contribution is -2.32. The van der Waals surface area contributed by atoms with Gasteiger partial charge in [0.2, 0.25) is 5.91 Å². The quantitative estimate of drug-likeness (QED) is 0.880. The van der Waals surface area contributed by atoms with E-state index in [-0.39, 0.29) is 11.3 Å². The molecular weight excluding hydrogens is 242 g/mol. The molecule has 4 heteroatoms. The highest BCUT2D eigenvalue weighted by Gasteiger charge is 2.23. The van der Waals surface area contributed by atoms with Gasteiger partial charge in [0.25, 0.3) is 0 Å². The van der Waals surface area contributed by atoms with Gasteiger partial charge in [0.1, 0.15) is 0 Å². The van der Waals surface area contributed by atoms with Crippen molar-refractivity contribution in [1.29, 1.82) is 0 Å². The minimum absolute atomic E-state index is 0.00994. The molecule has 0 aliphatic carbocycles. The molecule has 0 aliphatic rings. The zero-order valence-corrected chi connectivity index (χ0v) is 12.1. The Morgan fingerprint density at radius 3 is 2.21 bits per heavy atom. The van der Waals surface area contributed by atoms with Crippen molar-refractivity contribution in [2.24, 2.45) is 0 Å². The molecule has 0 aromatic heterocycles. The summed E-state index contributed by atoms with van der Waals surface area (Å²) in [7, 11) is 0. The molecule has 19 heavy (non-hydrogen) atoms. The number of aliphatic carboxylic acids is 1. The predicted octanol–water partition coefficient (Wildman–Crippen LogP) is 2.55. The fourth-order valence-electron chi connectivity index (χ4n) is 1.94. The molecule has 104 valence electrons. The van der Waals surface area contributed by atoms with E-state index < -0.39 is 12.0 Å². The number of carbonyl (C=O) groups excluding carboxylic acids is 1. The van der Waals surface area contributed by atoms with Crippen molar-refractivity contribution in [2.75, 3.05) is 0 Å². The van der Waals surface area contributed by atoms with Crippen LogP contribution >= 0.6 is 0 Å². The normalized spacial score (nSPS) is 12.9. The largest absolute Gasteiger partial charge is 0.479 e. The van der Waals surface area contributed by atoms with E-state index in [1.165, 1.54) is 6.92 Å². The minimum atomic E-state index is -1.05. The highest BCUT2D eigenvalue weighted by molar-refractivity contribution is 5.83. The Morgan fingerprint density at radius 2 is 1.84 bits per heavy atom. The smallest absolute Gasteiger partial charge is 0.330 e. The molecule has 0 heterocycles. The monoisotopic (exact) mass is 263 g/mol. The average molecular weight is 263 g/mol. The van der Waals surface area contributed by atoms with Crippen molar-refractivity contribution in [3.63, 3.8) is 0 Å². The molecule has 0 saturated heterocycles. The third-order valence-electron chi connectivity index (χ3n) is 3.04. The number of nitrogens with one attached hydrogen (secondary N) is 1. The van der Waals surface area contributed by atoms with Gasteiger partial charge in [0.05, 0.1) is 0 Å². The number of benzene rings is 1. The van der Waals surface area contributed by atoms with Crippen LogP contribution in [0.15, 0.2) is 18.2 Å². The van der Waals surface area contributed by atoms with Crippen LogP contribution < -0.4 is 5.32 Å². The van der Waals surface area contributed by atoms with Crippen molar-refractivity contribution >= 4 is 11.9 Å². The maximum absolute atomic E-state index is 11.3. The van der Waals surface area contributed by atoms with E-state index in [4.69, 9.17) is 0 Å². The summed E-state index contributed by atoms with van der Waals surface area (Å²) in [6.07, 6.45) is 0. The van der Waals surface area contributed by atoms with Crippen LogP contribution in [0, 0.1) is 6.92 Å². The Hall–Kier alpha value is -1.84. The lowest BCUT2D eigenvalue weighted by Gasteiger charge is -2.22. The number of carboxylic acid groups (broad SMARTS) is 1. The third kappa shape index (κ3) is 3.81. The second kappa shape index (κ2) is 5.43. The van der Waals surface area contributed by atoms with Gasteiger partial charge in [-0.1, -0.05) is 39.0 Å². The molecule has 0 fully saturated rings. The van der Waals surface area contributed by atoms with E-state index >= 15 is 0 Å². The fourth-order valence-corrected chi connectivity index (χ4v) is 1.94. The first-order valence-corrected chi connectivity index (χ1v) is 6.24. The molecule has 2 N–H and O–H groups in total. The summed E-state index contributed by atoms with van der Waals surface area (Å²) in [5.41, 5.74) is 2.64. The Balaban J connectivity index is 3.19. The van der Waals surface area contributed by atoms with Gasteiger partial charge in [-0.3, -0.25) is 4.79 Å². The number of carbonyl (C=O) groups is 2. The van der Waals surface area contributed by atoms with Crippen LogP contribution in [-0.4, -0.2) is 17.0 Å². The van der Waals surface area contributed by atoms with E-state index in [2.05, 4.69) is 26.1 Å². The summed E-state index contributed by atoms with van der Waals surface area (Å²) >= 11 is 0. The lowest BCUT2D eigenvalue weighted by atomic mass is 9.84. The van der Waals surface area contributed by atoms with Gasteiger partial charge in [-0.15, -0.1) is 0 Å². The van der Waals surface area contributed by atoms with E-state index in [0.29, 0.717) is 5.56 Å². The standard InChI is InChI=1S/C15H21NO3/c1-9-8-11(15(3,4)5)6-7-12(9)13(14(18)19)16-10(2)17/h6-8,13H,1-5H3,(H,16,17)(H,18,19). The Kier molecular flexibility index (Phi) is 4.35. The van der Waals surface area contributed by atoms with E-state index in [0.717, 1.165) is 11.1 Å². The van der Waals surface area contributed by atoms with E-state index in [1.807, 2.05) is 19.1 Å². The van der Waals surface area contributed by atoms with Crippen LogP contribution in [0.3, 0.4) is 0 Å². The SMILES string of the molecule is CC(=O)NC(C(=O)O)c1ccc(C(C)(C)C)cc1C. The predicted molar refractivity (Wildman–Crippen MR) is 74.1 cm³/mol. The molecule has 1 atom stereocenters. The molecule has 1 aromatic rings. The lowest BCUT2D eigenvalue weighted by molar-refractivity contribution is -0.141. The number of hydrogen-bond donors (Lipinski definition) is 2. The summed E-state index contributed by atoms with van der Waals surface area (Å²) in [6.45, 7) is 9.48. The number of aryl methyl sites for hydroxylation is 1. The van der Waals surface area contributed by atoms with Crippen LogP contribution in [0.1, 0.15) is 50.4 Å². The fraction of sp³-hybridized carbons (Fsp3) is 0.467. The molecule has 1 rings (SSSR count). The van der Waals surface area contributed by atoms with Crippen LogP contribution in [0.25, 0.3) is 0 Å². The van der Waals surface area contributed by atoms with Crippen LogP contribution in [0.4, 0.5) is 0 Å². The number of amides is 1. The number of carboxylic acids is 1. The molecule has 1 aromatic carbocycles. The maximum atomic E-state index is 11.3. The summed E-state index contributed by atoms with van der Waals surface area (Å²) in [5, 5.41) is 11.7. The maximum Gasteiger partial charge on any atom is 0.330 e. The highest BCUT2D eigenvalue weighted by Crippen LogP contribution is 2.27. The Labute approximate surface area is 113 Å². The van der Waals surface area contributed by atoms with Crippen LogP contribution in [0.2, 0.25) is 0 Å². The Morgan fingerprint density at radius 1 is 1.26 bits per heavy atom. The summed E-state index contributed by atoms with van der Waals surface area (Å²) in [6, 6.07) is 4.68. The summed E-state index contributed by atoms with van der Waals surface area (Å²) in [4.78, 5) is 22.3. The molecule has 1 amide bonds. The Bertz CT molecular complexity index is 501. The zero-order chi connectivity index (χ0) is 14.8. The van der Waals surface area contributed by atoms with E-state index in [9.17, 15) is 14.7 Å². The van der Waals surface area contributed by atoms with Gasteiger partial charge in [-0.2, -0.15) is 0 Å². The molecular formula is C15H21NO3. The average Bonchev–Trinajstić information content (AvgIpc) is 2.24. The van der Waals surface area contributed by atoms with Crippen LogP contribution in [-0.2, 0) is 15.0 Å². The molecule has 0 bridgehead atoms.